The van der Waals surface area contributed by atoms with Gasteiger partial charge in [-0.1, -0.05) is 12.8 Å². The summed E-state index contributed by atoms with van der Waals surface area (Å²) in [5, 5.41) is 3.83. The Morgan fingerprint density at radius 2 is 2.12 bits per heavy atom. The lowest BCUT2D eigenvalue weighted by Crippen LogP contribution is -2.39. The molecule has 17 heavy (non-hydrogen) atoms. The predicted molar refractivity (Wildman–Crippen MR) is 64.4 cm³/mol. The molecule has 2 aliphatic rings. The number of hydrogen-bond acceptors (Lipinski definition) is 3. The third-order valence-electron chi connectivity index (χ3n) is 3.50. The van der Waals surface area contributed by atoms with E-state index in [0.717, 1.165) is 6.54 Å². The monoisotopic (exact) mass is 237 g/mol. The molecular formula is C12H19N3O2. The van der Waals surface area contributed by atoms with Gasteiger partial charge in [-0.15, -0.1) is 0 Å². The summed E-state index contributed by atoms with van der Waals surface area (Å²) in [5.41, 5.74) is 2.84. The molecule has 1 fully saturated rings. The number of nitrogens with zero attached hydrogens (tertiary/aromatic N) is 2. The molecule has 0 saturated heterocycles. The maximum Gasteiger partial charge on any atom is 0.269 e. The van der Waals surface area contributed by atoms with Crippen molar-refractivity contribution >= 4 is 17.5 Å². The molecule has 0 atom stereocenters. The Hall–Kier alpha value is -1.39. The second-order valence-corrected chi connectivity index (χ2v) is 4.93. The van der Waals surface area contributed by atoms with Crippen molar-refractivity contribution in [1.29, 1.82) is 0 Å². The fourth-order valence-corrected chi connectivity index (χ4v) is 2.51. The van der Waals surface area contributed by atoms with Gasteiger partial charge in [-0.05, 0) is 18.8 Å². The lowest BCUT2D eigenvalue weighted by atomic mass is 10.1. The molecule has 0 aromatic carbocycles. The van der Waals surface area contributed by atoms with Gasteiger partial charge in [-0.3, -0.25) is 9.59 Å². The van der Waals surface area contributed by atoms with Gasteiger partial charge in [-0.25, -0.2) is 5.43 Å². The zero-order valence-electron chi connectivity index (χ0n) is 10.2. The summed E-state index contributed by atoms with van der Waals surface area (Å²) in [6.07, 6.45) is 5.83. The molecule has 5 heteroatoms. The lowest BCUT2D eigenvalue weighted by Gasteiger charge is -2.22. The molecule has 1 N–H and O–H groups in total. The van der Waals surface area contributed by atoms with Crippen LogP contribution in [0, 0.1) is 5.92 Å². The van der Waals surface area contributed by atoms with Crippen molar-refractivity contribution in [2.75, 3.05) is 13.6 Å². The highest BCUT2D eigenvalue weighted by Gasteiger charge is 2.24. The molecule has 0 aromatic rings. The van der Waals surface area contributed by atoms with Crippen molar-refractivity contribution in [3.05, 3.63) is 0 Å². The van der Waals surface area contributed by atoms with Crippen molar-refractivity contribution in [3.63, 3.8) is 0 Å². The number of hydrogen-bond donors (Lipinski definition) is 1. The van der Waals surface area contributed by atoms with Crippen LogP contribution >= 0.6 is 0 Å². The Bertz CT molecular complexity index is 346. The van der Waals surface area contributed by atoms with Gasteiger partial charge >= 0.3 is 0 Å². The number of carbonyl (C=O) groups is 2. The molecule has 0 bridgehead atoms. The van der Waals surface area contributed by atoms with E-state index in [1.54, 1.807) is 4.90 Å². The smallest absolute Gasteiger partial charge is 0.269 e. The first-order valence-electron chi connectivity index (χ1n) is 6.27. The van der Waals surface area contributed by atoms with E-state index in [4.69, 9.17) is 0 Å². The van der Waals surface area contributed by atoms with Crippen molar-refractivity contribution in [3.8, 4) is 0 Å². The van der Waals surface area contributed by atoms with Gasteiger partial charge in [0, 0.05) is 26.4 Å². The highest BCUT2D eigenvalue weighted by atomic mass is 16.2. The van der Waals surface area contributed by atoms with Crippen LogP contribution in [0.15, 0.2) is 5.10 Å². The molecule has 1 saturated carbocycles. The SMILES string of the molecule is CN(CC1CCCC1)C(=O)C1=NNC(=O)CC1. The largest absolute Gasteiger partial charge is 0.340 e. The molecule has 1 heterocycles. The molecule has 2 amide bonds. The van der Waals surface area contributed by atoms with Crippen LogP contribution in [0.3, 0.4) is 0 Å². The maximum atomic E-state index is 12.0. The van der Waals surface area contributed by atoms with Gasteiger partial charge in [0.1, 0.15) is 5.71 Å². The highest BCUT2D eigenvalue weighted by Crippen LogP contribution is 2.25. The van der Waals surface area contributed by atoms with Crippen molar-refractivity contribution < 1.29 is 9.59 Å². The molecule has 94 valence electrons. The molecule has 5 nitrogen and oxygen atoms in total. The second kappa shape index (κ2) is 5.29. The summed E-state index contributed by atoms with van der Waals surface area (Å²) in [6.45, 7) is 0.811. The maximum absolute atomic E-state index is 12.0. The Morgan fingerprint density at radius 3 is 2.71 bits per heavy atom. The molecule has 2 rings (SSSR count). The van der Waals surface area contributed by atoms with Gasteiger partial charge < -0.3 is 4.90 Å². The number of carbonyl (C=O) groups excluding carboxylic acids is 2. The molecule has 1 aliphatic carbocycles. The third kappa shape index (κ3) is 3.05. The van der Waals surface area contributed by atoms with E-state index >= 15 is 0 Å². The molecule has 0 radical (unpaired) electrons. The van der Waals surface area contributed by atoms with E-state index in [9.17, 15) is 9.59 Å². The Kier molecular flexibility index (Phi) is 3.76. The molecular weight excluding hydrogens is 218 g/mol. The summed E-state index contributed by atoms with van der Waals surface area (Å²) in [4.78, 5) is 24.7. The fraction of sp³-hybridized carbons (Fsp3) is 0.750. The van der Waals surface area contributed by atoms with Crippen molar-refractivity contribution in [2.24, 2.45) is 11.0 Å². The van der Waals surface area contributed by atoms with Crippen LogP contribution in [-0.2, 0) is 9.59 Å². The Morgan fingerprint density at radius 1 is 1.41 bits per heavy atom. The summed E-state index contributed by atoms with van der Waals surface area (Å²) in [7, 11) is 1.82. The number of nitrogens with one attached hydrogen (secondary N) is 1. The number of hydrazone groups is 1. The molecule has 0 aromatic heterocycles. The minimum atomic E-state index is -0.111. The summed E-state index contributed by atoms with van der Waals surface area (Å²) >= 11 is 0. The highest BCUT2D eigenvalue weighted by molar-refractivity contribution is 6.39. The molecule has 1 aliphatic heterocycles. The van der Waals surface area contributed by atoms with Crippen LogP contribution in [0.4, 0.5) is 0 Å². The van der Waals surface area contributed by atoms with E-state index in [1.165, 1.54) is 25.7 Å². The van der Waals surface area contributed by atoms with Crippen LogP contribution in [0.25, 0.3) is 0 Å². The summed E-state index contributed by atoms with van der Waals surface area (Å²) < 4.78 is 0. The van der Waals surface area contributed by atoms with Crippen molar-refractivity contribution in [2.45, 2.75) is 38.5 Å². The standard InChI is InChI=1S/C12H19N3O2/c1-15(8-9-4-2-3-5-9)12(17)10-6-7-11(16)14-13-10/h9H,2-8H2,1H3,(H,14,16). The van der Waals surface area contributed by atoms with Gasteiger partial charge in [0.2, 0.25) is 5.91 Å². The van der Waals surface area contributed by atoms with E-state index in [2.05, 4.69) is 10.5 Å². The van der Waals surface area contributed by atoms with E-state index < -0.39 is 0 Å². The average molecular weight is 237 g/mol. The summed E-state index contributed by atoms with van der Waals surface area (Å²) in [6, 6.07) is 0. The number of amides is 2. The van der Waals surface area contributed by atoms with Crippen molar-refractivity contribution in [1.82, 2.24) is 10.3 Å². The Balaban J connectivity index is 1.88. The normalized spacial score (nSPS) is 21.0. The first-order valence-corrected chi connectivity index (χ1v) is 6.27. The van der Waals surface area contributed by atoms with Gasteiger partial charge in [0.05, 0.1) is 0 Å². The van der Waals surface area contributed by atoms with E-state index in [-0.39, 0.29) is 11.8 Å². The molecule has 0 spiro atoms. The van der Waals surface area contributed by atoms with E-state index in [0.29, 0.717) is 24.5 Å². The van der Waals surface area contributed by atoms with Gasteiger partial charge in [0.15, 0.2) is 0 Å². The minimum Gasteiger partial charge on any atom is -0.340 e. The lowest BCUT2D eigenvalue weighted by molar-refractivity contribution is -0.124. The first-order chi connectivity index (χ1) is 8.16. The second-order valence-electron chi connectivity index (χ2n) is 4.93. The predicted octanol–water partition coefficient (Wildman–Crippen LogP) is 0.901. The zero-order valence-corrected chi connectivity index (χ0v) is 10.2. The quantitative estimate of drug-likeness (QED) is 0.792. The van der Waals surface area contributed by atoms with Crippen LogP contribution in [-0.4, -0.2) is 36.0 Å². The topological polar surface area (TPSA) is 61.8 Å². The van der Waals surface area contributed by atoms with Crippen LogP contribution < -0.4 is 5.43 Å². The van der Waals surface area contributed by atoms with Gasteiger partial charge in [0.25, 0.3) is 5.91 Å². The van der Waals surface area contributed by atoms with E-state index in [1.807, 2.05) is 7.05 Å². The molecule has 0 unspecified atom stereocenters. The van der Waals surface area contributed by atoms with Gasteiger partial charge in [-0.2, -0.15) is 5.10 Å². The van der Waals surface area contributed by atoms with Crippen LogP contribution in [0.5, 0.6) is 0 Å². The third-order valence-corrected chi connectivity index (χ3v) is 3.50. The summed E-state index contributed by atoms with van der Waals surface area (Å²) in [5.74, 6) is 0.486. The minimum absolute atomic E-state index is 0.0445. The Labute approximate surface area is 101 Å². The van der Waals surface area contributed by atoms with Crippen LogP contribution in [0.1, 0.15) is 38.5 Å². The zero-order chi connectivity index (χ0) is 12.3. The number of rotatable bonds is 3. The fourth-order valence-electron chi connectivity index (χ4n) is 2.51. The van der Waals surface area contributed by atoms with Crippen LogP contribution in [0.2, 0.25) is 0 Å². The first kappa shape index (κ1) is 12.1. The average Bonchev–Trinajstić information content (AvgIpc) is 2.82.